The largest absolute Gasteiger partial charge is 0.496 e. The second kappa shape index (κ2) is 7.08. The number of benzene rings is 1. The van der Waals surface area contributed by atoms with Crippen molar-refractivity contribution in [2.75, 3.05) is 7.11 Å². The molecular weight excluding hydrogens is 364 g/mol. The third kappa shape index (κ3) is 3.16. The second-order valence-electron chi connectivity index (χ2n) is 6.89. The molecule has 3 aromatic rings. The van der Waals surface area contributed by atoms with Crippen molar-refractivity contribution in [3.63, 3.8) is 0 Å². The van der Waals surface area contributed by atoms with Crippen LogP contribution in [0.1, 0.15) is 41.8 Å². The molecule has 1 aliphatic rings. The molecule has 1 N–H and O–H groups in total. The molecule has 0 bridgehead atoms. The second-order valence-corrected chi connectivity index (χ2v) is 9.36. The first kappa shape index (κ1) is 17.6. The fourth-order valence-corrected chi connectivity index (χ4v) is 5.94. The number of methoxy groups -OCH3 is 1. The molecule has 1 aliphatic carbocycles. The van der Waals surface area contributed by atoms with Crippen molar-refractivity contribution in [2.24, 2.45) is 5.92 Å². The number of thioether (sulfide) groups is 1. The number of para-hydroxylation sites is 1. The van der Waals surface area contributed by atoms with Gasteiger partial charge in [-0.3, -0.25) is 4.79 Å². The number of fused-ring (bicyclic) bond motifs is 3. The van der Waals surface area contributed by atoms with Crippen LogP contribution in [-0.4, -0.2) is 17.1 Å². The van der Waals surface area contributed by atoms with Crippen LogP contribution < -0.4 is 10.3 Å². The van der Waals surface area contributed by atoms with Crippen LogP contribution in [0.25, 0.3) is 10.2 Å². The van der Waals surface area contributed by atoms with Crippen molar-refractivity contribution < 1.29 is 4.74 Å². The molecule has 4 nitrogen and oxygen atoms in total. The van der Waals surface area contributed by atoms with Gasteiger partial charge in [0.1, 0.15) is 16.4 Å². The lowest BCUT2D eigenvalue weighted by atomic mass is 9.89. The van der Waals surface area contributed by atoms with Gasteiger partial charge in [0.05, 0.1) is 22.6 Å². The van der Waals surface area contributed by atoms with Crippen molar-refractivity contribution in [2.45, 2.75) is 43.3 Å². The number of hydrogen-bond acceptors (Lipinski definition) is 5. The van der Waals surface area contributed by atoms with Gasteiger partial charge in [-0.1, -0.05) is 19.1 Å². The topological polar surface area (TPSA) is 55.0 Å². The Bertz CT molecular complexity index is 1010. The third-order valence-electron chi connectivity index (χ3n) is 4.94. The summed E-state index contributed by atoms with van der Waals surface area (Å²) in [7, 11) is 1.67. The van der Waals surface area contributed by atoms with Crippen molar-refractivity contribution >= 4 is 33.3 Å². The van der Waals surface area contributed by atoms with Crippen molar-refractivity contribution in [1.29, 1.82) is 0 Å². The summed E-state index contributed by atoms with van der Waals surface area (Å²) in [5.74, 6) is 2.26. The average Bonchev–Trinajstić information content (AvgIpc) is 2.99. The fourth-order valence-electron chi connectivity index (χ4n) is 3.52. The van der Waals surface area contributed by atoms with Crippen LogP contribution in [0.3, 0.4) is 0 Å². The Morgan fingerprint density at radius 2 is 2.19 bits per heavy atom. The maximum absolute atomic E-state index is 12.8. The van der Waals surface area contributed by atoms with Gasteiger partial charge in [0.25, 0.3) is 5.56 Å². The minimum Gasteiger partial charge on any atom is -0.496 e. The zero-order chi connectivity index (χ0) is 18.3. The molecule has 0 fully saturated rings. The number of hydrogen-bond donors (Lipinski definition) is 1. The molecule has 0 spiro atoms. The van der Waals surface area contributed by atoms with E-state index in [2.05, 4.69) is 18.8 Å². The number of H-pyrrole nitrogens is 1. The van der Waals surface area contributed by atoms with E-state index in [4.69, 9.17) is 9.72 Å². The molecule has 1 aromatic carbocycles. The maximum atomic E-state index is 12.8. The summed E-state index contributed by atoms with van der Waals surface area (Å²) in [6, 6.07) is 7.92. The van der Waals surface area contributed by atoms with E-state index in [0.717, 1.165) is 45.9 Å². The number of aryl methyl sites for hydroxylation is 1. The molecule has 6 heteroatoms. The van der Waals surface area contributed by atoms with E-state index in [1.807, 2.05) is 24.3 Å². The van der Waals surface area contributed by atoms with Crippen LogP contribution in [0.2, 0.25) is 0 Å². The van der Waals surface area contributed by atoms with Gasteiger partial charge >= 0.3 is 0 Å². The molecule has 2 unspecified atom stereocenters. The molecule has 2 atom stereocenters. The summed E-state index contributed by atoms with van der Waals surface area (Å²) in [5, 5.41) is 0.844. The molecule has 2 heterocycles. The molecule has 4 rings (SSSR count). The van der Waals surface area contributed by atoms with Crippen LogP contribution >= 0.6 is 23.1 Å². The molecule has 136 valence electrons. The van der Waals surface area contributed by atoms with Crippen molar-refractivity contribution in [3.8, 4) is 5.75 Å². The standard InChI is InChI=1S/C20H22N2O2S2/c1-11-8-9-13-16(10-11)26-20-17(13)19(23)21-18(22-20)12(2)25-15-7-5-4-6-14(15)24-3/h4-7,11-12H,8-10H2,1-3H3,(H,21,22,23). The predicted octanol–water partition coefficient (Wildman–Crippen LogP) is 4.97. The van der Waals surface area contributed by atoms with E-state index in [1.165, 1.54) is 10.4 Å². The monoisotopic (exact) mass is 386 g/mol. The first-order chi connectivity index (χ1) is 12.6. The lowest BCUT2D eigenvalue weighted by Gasteiger charge is -2.17. The zero-order valence-corrected chi connectivity index (χ0v) is 16.8. The van der Waals surface area contributed by atoms with Gasteiger partial charge in [-0.15, -0.1) is 23.1 Å². The first-order valence-corrected chi connectivity index (χ1v) is 10.6. The van der Waals surface area contributed by atoms with Crippen LogP contribution in [-0.2, 0) is 12.8 Å². The molecule has 26 heavy (non-hydrogen) atoms. The highest BCUT2D eigenvalue weighted by Gasteiger charge is 2.24. The van der Waals surface area contributed by atoms with E-state index >= 15 is 0 Å². The van der Waals surface area contributed by atoms with Gasteiger partial charge < -0.3 is 9.72 Å². The van der Waals surface area contributed by atoms with E-state index in [0.29, 0.717) is 5.92 Å². The molecule has 0 amide bonds. The highest BCUT2D eigenvalue weighted by molar-refractivity contribution is 7.99. The summed E-state index contributed by atoms with van der Waals surface area (Å²) in [6.45, 7) is 4.35. The summed E-state index contributed by atoms with van der Waals surface area (Å²) < 4.78 is 5.43. The minimum atomic E-state index is 0.00419. The van der Waals surface area contributed by atoms with Gasteiger partial charge in [0, 0.05) is 4.88 Å². The van der Waals surface area contributed by atoms with Gasteiger partial charge in [0.2, 0.25) is 0 Å². The SMILES string of the molecule is COc1ccccc1SC(C)c1nc2sc3c(c2c(=O)[nH]1)CCC(C)C3. The Balaban J connectivity index is 1.70. The van der Waals surface area contributed by atoms with Crippen LogP contribution in [0.4, 0.5) is 0 Å². The van der Waals surface area contributed by atoms with Crippen molar-refractivity contribution in [3.05, 3.63) is 50.9 Å². The lowest BCUT2D eigenvalue weighted by molar-refractivity contribution is 0.404. The Labute approximate surface area is 161 Å². The van der Waals surface area contributed by atoms with E-state index in [-0.39, 0.29) is 10.8 Å². The summed E-state index contributed by atoms with van der Waals surface area (Å²) >= 11 is 3.35. The summed E-state index contributed by atoms with van der Waals surface area (Å²) in [6.07, 6.45) is 3.21. The molecule has 0 saturated heterocycles. The first-order valence-electron chi connectivity index (χ1n) is 8.91. The molecule has 0 aliphatic heterocycles. The maximum Gasteiger partial charge on any atom is 0.259 e. The lowest BCUT2D eigenvalue weighted by Crippen LogP contribution is -2.15. The minimum absolute atomic E-state index is 0.00419. The van der Waals surface area contributed by atoms with Crippen LogP contribution in [0.15, 0.2) is 34.0 Å². The highest BCUT2D eigenvalue weighted by Crippen LogP contribution is 2.40. The normalized spacial score (nSPS) is 17.9. The Morgan fingerprint density at radius 1 is 1.38 bits per heavy atom. The zero-order valence-electron chi connectivity index (χ0n) is 15.2. The molecule has 2 aromatic heterocycles. The van der Waals surface area contributed by atoms with Gasteiger partial charge in [-0.25, -0.2) is 4.98 Å². The Kier molecular flexibility index (Phi) is 4.80. The average molecular weight is 387 g/mol. The van der Waals surface area contributed by atoms with Gasteiger partial charge in [-0.05, 0) is 49.8 Å². The summed E-state index contributed by atoms with van der Waals surface area (Å²) in [5.41, 5.74) is 1.23. The number of thiophene rings is 1. The molecule has 0 saturated carbocycles. The molecule has 0 radical (unpaired) electrons. The number of aromatic nitrogens is 2. The van der Waals surface area contributed by atoms with E-state index < -0.39 is 0 Å². The Hall–Kier alpha value is -1.79. The van der Waals surface area contributed by atoms with Gasteiger partial charge in [0.15, 0.2) is 0 Å². The Morgan fingerprint density at radius 3 is 3.00 bits per heavy atom. The number of aromatic amines is 1. The van der Waals surface area contributed by atoms with Crippen molar-refractivity contribution in [1.82, 2.24) is 9.97 Å². The number of rotatable bonds is 4. The highest BCUT2D eigenvalue weighted by atomic mass is 32.2. The predicted molar refractivity (Wildman–Crippen MR) is 109 cm³/mol. The third-order valence-corrected chi connectivity index (χ3v) is 7.26. The van der Waals surface area contributed by atoms with Crippen LogP contribution in [0, 0.1) is 5.92 Å². The fraction of sp³-hybridized carbons (Fsp3) is 0.400. The van der Waals surface area contributed by atoms with E-state index in [9.17, 15) is 4.79 Å². The smallest absolute Gasteiger partial charge is 0.259 e. The van der Waals surface area contributed by atoms with Crippen LogP contribution in [0.5, 0.6) is 5.75 Å². The van der Waals surface area contributed by atoms with E-state index in [1.54, 1.807) is 30.2 Å². The molecular formula is C20H22N2O2S2. The van der Waals surface area contributed by atoms with Gasteiger partial charge in [-0.2, -0.15) is 0 Å². The number of nitrogens with zero attached hydrogens (tertiary/aromatic N) is 1. The quantitative estimate of drug-likeness (QED) is 0.643. The summed E-state index contributed by atoms with van der Waals surface area (Å²) in [4.78, 5) is 23.9. The number of nitrogens with one attached hydrogen (secondary N) is 1. The number of ether oxygens (including phenoxy) is 1.